The average Bonchev–Trinajstić information content (AvgIpc) is 2.87. The van der Waals surface area contributed by atoms with E-state index in [1.165, 1.54) is 11.3 Å². The van der Waals surface area contributed by atoms with Gasteiger partial charge in [0, 0.05) is 18.8 Å². The number of rotatable bonds is 5. The van der Waals surface area contributed by atoms with Gasteiger partial charge in [-0.1, -0.05) is 0 Å². The second-order valence-corrected chi connectivity index (χ2v) is 6.15. The predicted molar refractivity (Wildman–Crippen MR) is 89.8 cm³/mol. The number of nitrogens with one attached hydrogen (secondary N) is 1. The van der Waals surface area contributed by atoms with Crippen molar-refractivity contribution in [2.24, 2.45) is 0 Å². The van der Waals surface area contributed by atoms with Crippen LogP contribution in [0.4, 0.5) is 10.8 Å². The zero-order valence-corrected chi connectivity index (χ0v) is 14.6. The van der Waals surface area contributed by atoms with E-state index >= 15 is 0 Å². The molecule has 0 spiro atoms. The fraction of sp³-hybridized carbons (Fsp3) is 0.357. The highest BCUT2D eigenvalue weighted by atomic mass is 79.9. The van der Waals surface area contributed by atoms with Crippen LogP contribution in [0.15, 0.2) is 22.1 Å². The number of hydrogen-bond donors (Lipinski definition) is 1. The Balaban J connectivity index is 2.04. The Labute approximate surface area is 136 Å². The standard InChI is InChI=1S/C14H17BrN4OS/c1-4-19(10(3)20)14-18-11(8-21-14)7-16-12-5-6-13(15)17-9(12)2/h5-6,8,16H,4,7H2,1-3H3. The first kappa shape index (κ1) is 15.9. The topological polar surface area (TPSA) is 58.1 Å². The molecule has 0 radical (unpaired) electrons. The minimum atomic E-state index is 0.0133. The van der Waals surface area contributed by atoms with E-state index in [2.05, 4.69) is 31.2 Å². The number of hydrogen-bond acceptors (Lipinski definition) is 5. The van der Waals surface area contributed by atoms with Gasteiger partial charge in [-0.25, -0.2) is 9.97 Å². The van der Waals surface area contributed by atoms with Gasteiger partial charge < -0.3 is 5.32 Å². The summed E-state index contributed by atoms with van der Waals surface area (Å²) in [5, 5.41) is 6.02. The minimum Gasteiger partial charge on any atom is -0.378 e. The number of carbonyl (C=O) groups excluding carboxylic acids is 1. The number of amides is 1. The normalized spacial score (nSPS) is 10.5. The fourth-order valence-corrected chi connectivity index (χ4v) is 3.23. The molecule has 2 heterocycles. The number of thiazole rings is 1. The minimum absolute atomic E-state index is 0.0133. The van der Waals surface area contributed by atoms with Gasteiger partial charge in [-0.05, 0) is 41.9 Å². The van der Waals surface area contributed by atoms with Gasteiger partial charge in [0.1, 0.15) is 4.60 Å². The van der Waals surface area contributed by atoms with Gasteiger partial charge in [0.2, 0.25) is 5.91 Å². The molecule has 112 valence electrons. The lowest BCUT2D eigenvalue weighted by Crippen LogP contribution is -2.27. The van der Waals surface area contributed by atoms with E-state index in [4.69, 9.17) is 0 Å². The summed E-state index contributed by atoms with van der Waals surface area (Å²) >= 11 is 4.83. The van der Waals surface area contributed by atoms with E-state index in [1.54, 1.807) is 11.8 Å². The number of aryl methyl sites for hydroxylation is 1. The molecule has 1 amide bonds. The fourth-order valence-electron chi connectivity index (χ4n) is 1.90. The number of halogens is 1. The van der Waals surface area contributed by atoms with Crippen molar-refractivity contribution < 1.29 is 4.79 Å². The van der Waals surface area contributed by atoms with Crippen LogP contribution in [0.1, 0.15) is 25.2 Å². The van der Waals surface area contributed by atoms with Crippen molar-refractivity contribution >= 4 is 44.0 Å². The molecule has 21 heavy (non-hydrogen) atoms. The van der Waals surface area contributed by atoms with Crippen LogP contribution in [0, 0.1) is 6.92 Å². The molecule has 7 heteroatoms. The molecule has 0 unspecified atom stereocenters. The second-order valence-electron chi connectivity index (χ2n) is 4.51. The van der Waals surface area contributed by atoms with Gasteiger partial charge in [-0.2, -0.15) is 0 Å². The molecule has 0 aliphatic heterocycles. The largest absolute Gasteiger partial charge is 0.378 e. The maximum absolute atomic E-state index is 11.5. The molecular formula is C14H17BrN4OS. The Kier molecular flexibility index (Phi) is 5.30. The van der Waals surface area contributed by atoms with Crippen molar-refractivity contribution in [2.45, 2.75) is 27.3 Å². The number of aromatic nitrogens is 2. The zero-order chi connectivity index (χ0) is 15.4. The SMILES string of the molecule is CCN(C(C)=O)c1nc(CNc2ccc(Br)nc2C)cs1. The average molecular weight is 369 g/mol. The van der Waals surface area contributed by atoms with E-state index < -0.39 is 0 Å². The van der Waals surface area contributed by atoms with E-state index in [1.807, 2.05) is 31.4 Å². The molecule has 0 saturated carbocycles. The summed E-state index contributed by atoms with van der Waals surface area (Å²) in [4.78, 5) is 22.0. The Morgan fingerprint density at radius 1 is 1.43 bits per heavy atom. The zero-order valence-electron chi connectivity index (χ0n) is 12.2. The summed E-state index contributed by atoms with van der Waals surface area (Å²) < 4.78 is 0.821. The molecule has 0 aliphatic carbocycles. The summed E-state index contributed by atoms with van der Waals surface area (Å²) in [5.41, 5.74) is 2.82. The van der Waals surface area contributed by atoms with Gasteiger partial charge in [0.15, 0.2) is 5.13 Å². The van der Waals surface area contributed by atoms with Crippen LogP contribution in [0.3, 0.4) is 0 Å². The van der Waals surface area contributed by atoms with Crippen molar-refractivity contribution in [3.8, 4) is 0 Å². The highest BCUT2D eigenvalue weighted by molar-refractivity contribution is 9.10. The highest BCUT2D eigenvalue weighted by Gasteiger charge is 2.13. The van der Waals surface area contributed by atoms with Crippen LogP contribution in [-0.2, 0) is 11.3 Å². The summed E-state index contributed by atoms with van der Waals surface area (Å²) in [5.74, 6) is 0.0133. The molecule has 0 aliphatic rings. The van der Waals surface area contributed by atoms with Crippen molar-refractivity contribution in [3.63, 3.8) is 0 Å². The van der Waals surface area contributed by atoms with Crippen LogP contribution >= 0.6 is 27.3 Å². The van der Waals surface area contributed by atoms with E-state index in [9.17, 15) is 4.79 Å². The molecule has 2 aromatic rings. The Hall–Kier alpha value is -1.47. The summed E-state index contributed by atoms with van der Waals surface area (Å²) in [6.07, 6.45) is 0. The van der Waals surface area contributed by atoms with Crippen LogP contribution < -0.4 is 10.2 Å². The van der Waals surface area contributed by atoms with E-state index in [0.29, 0.717) is 13.1 Å². The smallest absolute Gasteiger partial charge is 0.225 e. The summed E-state index contributed by atoms with van der Waals surface area (Å²) in [6, 6.07) is 3.88. The Bertz CT molecular complexity index is 644. The van der Waals surface area contributed by atoms with Gasteiger partial charge in [0.25, 0.3) is 0 Å². The first-order chi connectivity index (χ1) is 10.0. The molecular weight excluding hydrogens is 352 g/mol. The molecule has 1 N–H and O–H groups in total. The van der Waals surface area contributed by atoms with Gasteiger partial charge in [-0.15, -0.1) is 11.3 Å². The first-order valence-electron chi connectivity index (χ1n) is 6.60. The molecule has 0 fully saturated rings. The van der Waals surface area contributed by atoms with Crippen molar-refractivity contribution in [2.75, 3.05) is 16.8 Å². The quantitative estimate of drug-likeness (QED) is 0.819. The van der Waals surface area contributed by atoms with Crippen LogP contribution in [-0.4, -0.2) is 22.4 Å². The van der Waals surface area contributed by atoms with Crippen molar-refractivity contribution in [1.82, 2.24) is 9.97 Å². The maximum Gasteiger partial charge on any atom is 0.225 e. The lowest BCUT2D eigenvalue weighted by molar-refractivity contribution is -0.116. The maximum atomic E-state index is 11.5. The number of carbonyl (C=O) groups is 1. The van der Waals surface area contributed by atoms with E-state index in [0.717, 1.165) is 26.8 Å². The molecule has 2 aromatic heterocycles. The molecule has 0 bridgehead atoms. The Morgan fingerprint density at radius 2 is 2.19 bits per heavy atom. The Morgan fingerprint density at radius 3 is 2.81 bits per heavy atom. The molecule has 0 atom stereocenters. The molecule has 0 aromatic carbocycles. The summed E-state index contributed by atoms with van der Waals surface area (Å²) in [6.45, 7) is 6.69. The summed E-state index contributed by atoms with van der Waals surface area (Å²) in [7, 11) is 0. The molecule has 0 saturated heterocycles. The van der Waals surface area contributed by atoms with Crippen LogP contribution in [0.2, 0.25) is 0 Å². The van der Waals surface area contributed by atoms with Gasteiger partial charge in [-0.3, -0.25) is 9.69 Å². The lowest BCUT2D eigenvalue weighted by Gasteiger charge is -2.14. The van der Waals surface area contributed by atoms with Crippen molar-refractivity contribution in [1.29, 1.82) is 0 Å². The third-order valence-corrected chi connectivity index (χ3v) is 4.33. The van der Waals surface area contributed by atoms with E-state index in [-0.39, 0.29) is 5.91 Å². The number of pyridine rings is 1. The molecule has 2 rings (SSSR count). The number of nitrogens with zero attached hydrogens (tertiary/aromatic N) is 3. The van der Waals surface area contributed by atoms with Gasteiger partial charge in [0.05, 0.1) is 23.6 Å². The lowest BCUT2D eigenvalue weighted by atomic mass is 10.3. The molecule has 5 nitrogen and oxygen atoms in total. The van der Waals surface area contributed by atoms with Crippen LogP contribution in [0.5, 0.6) is 0 Å². The third-order valence-electron chi connectivity index (χ3n) is 2.98. The van der Waals surface area contributed by atoms with Crippen LogP contribution in [0.25, 0.3) is 0 Å². The predicted octanol–water partition coefficient (Wildman–Crippen LogP) is 3.59. The first-order valence-corrected chi connectivity index (χ1v) is 8.28. The number of anilines is 2. The third kappa shape index (κ3) is 4.01. The second kappa shape index (κ2) is 7.00. The van der Waals surface area contributed by atoms with Crippen molar-refractivity contribution in [3.05, 3.63) is 33.5 Å². The monoisotopic (exact) mass is 368 g/mol. The van der Waals surface area contributed by atoms with Gasteiger partial charge >= 0.3 is 0 Å². The highest BCUT2D eigenvalue weighted by Crippen LogP contribution is 2.22.